The molecule has 172 valence electrons. The number of phenols is 1. The van der Waals surface area contributed by atoms with Crippen LogP contribution in [0.1, 0.15) is 28.8 Å². The van der Waals surface area contributed by atoms with Crippen molar-refractivity contribution in [2.45, 2.75) is 36.7 Å². The van der Waals surface area contributed by atoms with E-state index in [1.165, 1.54) is 6.07 Å². The van der Waals surface area contributed by atoms with Crippen molar-refractivity contribution in [1.29, 1.82) is 0 Å². The van der Waals surface area contributed by atoms with E-state index in [9.17, 15) is 39.9 Å². The summed E-state index contributed by atoms with van der Waals surface area (Å²) in [6, 6.07) is 3.29. The lowest BCUT2D eigenvalue weighted by molar-refractivity contribution is -0.882. The van der Waals surface area contributed by atoms with E-state index in [2.05, 4.69) is 0 Å². The molecule has 1 aromatic rings. The van der Waals surface area contributed by atoms with Gasteiger partial charge in [0.1, 0.15) is 23.2 Å². The Bertz CT molecular complexity index is 1070. The Kier molecular flexibility index (Phi) is 4.98. The summed E-state index contributed by atoms with van der Waals surface area (Å²) in [6.45, 7) is 1.72. The molecule has 8 atom stereocenters. The van der Waals surface area contributed by atoms with E-state index in [1.54, 1.807) is 33.2 Å². The summed E-state index contributed by atoms with van der Waals surface area (Å²) in [5.74, 6) is -8.61. The van der Waals surface area contributed by atoms with Crippen LogP contribution in [0.15, 0.2) is 29.5 Å². The second-order valence-electron chi connectivity index (χ2n) is 9.29. The highest BCUT2D eigenvalue weighted by Gasteiger charge is 2.71. The molecule has 1 amide bonds. The van der Waals surface area contributed by atoms with Gasteiger partial charge in [0.2, 0.25) is 5.78 Å². The Morgan fingerprint density at radius 1 is 1.12 bits per heavy atom. The van der Waals surface area contributed by atoms with E-state index in [1.807, 2.05) is 0 Å². The minimum absolute atomic E-state index is 0.0326. The normalized spacial score (nSPS) is 38.9. The SMILES string of the molecule is C[C@H]1c2cccc(O)c2C(=O)[C@H]2[C@@H]1[C@H](O)[C@@H]1[C@H]([NH+](C)C)C(=O)C(C(N)=O)=C(O)[C@@]1(O)[C@@H]2O. The summed E-state index contributed by atoms with van der Waals surface area (Å²) in [5, 5.41) is 55.5. The van der Waals surface area contributed by atoms with Gasteiger partial charge >= 0.3 is 0 Å². The van der Waals surface area contributed by atoms with E-state index in [0.29, 0.717) is 10.5 Å². The molecule has 3 aliphatic rings. The molecule has 0 radical (unpaired) electrons. The number of carbonyl (C=O) groups excluding carboxylic acids is 3. The Labute approximate surface area is 183 Å². The largest absolute Gasteiger partial charge is 0.508 e. The summed E-state index contributed by atoms with van der Waals surface area (Å²) in [5.41, 5.74) is 2.19. The van der Waals surface area contributed by atoms with Gasteiger partial charge in [-0.25, -0.2) is 0 Å². The number of hydrogen-bond acceptors (Lipinski definition) is 8. The van der Waals surface area contributed by atoms with Gasteiger partial charge in [-0.3, -0.25) is 14.4 Å². The van der Waals surface area contributed by atoms with Crippen molar-refractivity contribution in [2.75, 3.05) is 14.1 Å². The van der Waals surface area contributed by atoms with Crippen LogP contribution in [0.3, 0.4) is 0 Å². The number of aromatic hydroxyl groups is 1. The predicted octanol–water partition coefficient (Wildman–Crippen LogP) is -2.60. The van der Waals surface area contributed by atoms with E-state index in [4.69, 9.17) is 5.73 Å². The highest BCUT2D eigenvalue weighted by Crippen LogP contribution is 2.55. The number of primary amides is 1. The first-order chi connectivity index (χ1) is 14.9. The Morgan fingerprint density at radius 3 is 2.31 bits per heavy atom. The van der Waals surface area contributed by atoms with Crippen molar-refractivity contribution in [3.8, 4) is 5.75 Å². The molecule has 0 aliphatic heterocycles. The Morgan fingerprint density at radius 2 is 1.75 bits per heavy atom. The monoisotopic (exact) mass is 447 g/mol. The predicted molar refractivity (Wildman–Crippen MR) is 109 cm³/mol. The fraction of sp³-hybridized carbons (Fsp3) is 0.500. The van der Waals surface area contributed by atoms with Crippen LogP contribution in [0.5, 0.6) is 5.75 Å². The highest BCUT2D eigenvalue weighted by molar-refractivity contribution is 6.21. The fourth-order valence-corrected chi connectivity index (χ4v) is 6.14. The number of amides is 1. The first-order valence-corrected chi connectivity index (χ1v) is 10.4. The Balaban J connectivity index is 1.99. The number of nitrogens with one attached hydrogen (secondary N) is 1. The maximum absolute atomic E-state index is 13.4. The lowest BCUT2D eigenvalue weighted by Gasteiger charge is -2.57. The first-order valence-electron chi connectivity index (χ1n) is 10.4. The zero-order chi connectivity index (χ0) is 23.9. The molecular formula is C22H27N2O8+. The van der Waals surface area contributed by atoms with Crippen molar-refractivity contribution in [3.05, 3.63) is 40.7 Å². The average molecular weight is 447 g/mol. The third-order valence-electron chi connectivity index (χ3n) is 7.54. The molecule has 3 aliphatic carbocycles. The number of likely N-dealkylation sites (N-methyl/N-ethyl adjacent to an activating group) is 1. The van der Waals surface area contributed by atoms with Crippen molar-refractivity contribution < 1.29 is 44.8 Å². The van der Waals surface area contributed by atoms with Gasteiger partial charge in [0.25, 0.3) is 5.91 Å². The zero-order valence-electron chi connectivity index (χ0n) is 17.8. The summed E-state index contributed by atoms with van der Waals surface area (Å²) in [6.07, 6.45) is -3.49. The second kappa shape index (κ2) is 7.11. The minimum Gasteiger partial charge on any atom is -0.508 e. The quantitative estimate of drug-likeness (QED) is 0.241. The lowest BCUT2D eigenvalue weighted by atomic mass is 9.50. The van der Waals surface area contributed by atoms with Gasteiger partial charge in [0, 0.05) is 5.92 Å². The number of nitrogens with two attached hydrogens (primary N) is 1. The molecule has 1 saturated carbocycles. The van der Waals surface area contributed by atoms with Gasteiger partial charge in [-0.2, -0.15) is 0 Å². The van der Waals surface area contributed by atoms with Crippen LogP contribution in [0.4, 0.5) is 0 Å². The maximum atomic E-state index is 13.4. The number of rotatable bonds is 2. The van der Waals surface area contributed by atoms with Crippen molar-refractivity contribution in [2.24, 2.45) is 23.5 Å². The minimum atomic E-state index is -2.68. The van der Waals surface area contributed by atoms with Crippen molar-refractivity contribution >= 4 is 17.5 Å². The highest BCUT2D eigenvalue weighted by atomic mass is 16.4. The fourth-order valence-electron chi connectivity index (χ4n) is 6.14. The van der Waals surface area contributed by atoms with Crippen LogP contribution in [0.25, 0.3) is 0 Å². The Hall–Kier alpha value is -2.79. The lowest BCUT2D eigenvalue weighted by Crippen LogP contribution is -3.13. The molecule has 0 aromatic heterocycles. The number of hydrogen-bond donors (Lipinski definition) is 7. The number of fused-ring (bicyclic) bond motifs is 3. The van der Waals surface area contributed by atoms with Crippen molar-refractivity contribution in [1.82, 2.24) is 0 Å². The van der Waals surface area contributed by atoms with Gasteiger partial charge in [-0.05, 0) is 17.5 Å². The van der Waals surface area contributed by atoms with E-state index in [0.717, 1.165) is 0 Å². The molecular weight excluding hydrogens is 420 g/mol. The van der Waals surface area contributed by atoms with Gasteiger partial charge in [0.05, 0.1) is 37.6 Å². The van der Waals surface area contributed by atoms with Crippen LogP contribution in [0, 0.1) is 17.8 Å². The number of aliphatic hydroxyl groups is 4. The van der Waals surface area contributed by atoms with Crippen LogP contribution in [-0.4, -0.2) is 81.0 Å². The number of Topliss-reactive ketones (excluding diaryl/α,β-unsaturated/α-hetero) is 2. The summed E-state index contributed by atoms with van der Waals surface area (Å²) >= 11 is 0. The zero-order valence-corrected chi connectivity index (χ0v) is 17.8. The maximum Gasteiger partial charge on any atom is 0.256 e. The molecule has 10 nitrogen and oxygen atoms in total. The summed E-state index contributed by atoms with van der Waals surface area (Å²) in [4.78, 5) is 38.9. The van der Waals surface area contributed by atoms with Gasteiger partial charge in [-0.15, -0.1) is 0 Å². The number of quaternary nitrogens is 1. The second-order valence-corrected chi connectivity index (χ2v) is 9.29. The number of carbonyl (C=O) groups is 3. The molecule has 0 unspecified atom stereocenters. The van der Waals surface area contributed by atoms with Crippen LogP contribution < -0.4 is 10.6 Å². The standard InChI is InChI=1S/C22H26N2O8/c1-7-8-5-4-6-9(25)11(8)16(26)12-10(7)17(27)14-15(24(2)3)18(28)13(21(23)31)20(30)22(14,32)19(12)29/h4-7,10,12,14-15,17,19,25,27,29-30,32H,1-3H3,(H2,23,31)/p+1/t7-,10+,12+,14-,15-,17-,19+,22-/m0/s1. The smallest absolute Gasteiger partial charge is 0.256 e. The average Bonchev–Trinajstić information content (AvgIpc) is 2.70. The molecule has 0 heterocycles. The molecule has 0 saturated heterocycles. The van der Waals surface area contributed by atoms with E-state index >= 15 is 0 Å². The molecule has 32 heavy (non-hydrogen) atoms. The third-order valence-corrected chi connectivity index (χ3v) is 7.54. The van der Waals surface area contributed by atoms with Crippen molar-refractivity contribution in [3.63, 3.8) is 0 Å². The topological polar surface area (TPSA) is 183 Å². The van der Waals surface area contributed by atoms with Gasteiger partial charge in [0.15, 0.2) is 17.4 Å². The summed E-state index contributed by atoms with van der Waals surface area (Å²) < 4.78 is 0. The number of ketones is 2. The number of phenolic OH excluding ortho intramolecular Hbond substituents is 1. The number of aliphatic hydroxyl groups excluding tert-OH is 3. The molecule has 4 rings (SSSR count). The summed E-state index contributed by atoms with van der Waals surface area (Å²) in [7, 11) is 3.13. The van der Waals surface area contributed by atoms with E-state index < -0.39 is 76.3 Å². The third kappa shape index (κ3) is 2.57. The molecule has 8 N–H and O–H groups in total. The van der Waals surface area contributed by atoms with Crippen LogP contribution in [-0.2, 0) is 9.59 Å². The van der Waals surface area contributed by atoms with Crippen LogP contribution >= 0.6 is 0 Å². The van der Waals surface area contributed by atoms with E-state index in [-0.39, 0.29) is 11.3 Å². The van der Waals surface area contributed by atoms with Crippen LogP contribution in [0.2, 0.25) is 0 Å². The molecule has 0 spiro atoms. The molecule has 10 heteroatoms. The first kappa shape index (κ1) is 22.4. The van der Waals surface area contributed by atoms with Gasteiger partial charge < -0.3 is 36.2 Å². The molecule has 1 fully saturated rings. The van der Waals surface area contributed by atoms with Gasteiger partial charge in [-0.1, -0.05) is 19.1 Å². The number of benzene rings is 1. The molecule has 1 aromatic carbocycles. The molecule has 0 bridgehead atoms.